The van der Waals surface area contributed by atoms with E-state index in [0.29, 0.717) is 23.0 Å². The SMILES string of the molecule is CCCCN(C)c1ccc(C(=O)Nc2c(C)cccc2-c2nc(C(C)C)no2)cc1. The molecule has 1 N–H and O–H groups in total. The Morgan fingerprint density at radius 3 is 2.53 bits per heavy atom. The molecule has 0 atom stereocenters. The molecular formula is C24H30N4O2. The van der Waals surface area contributed by atoms with Crippen molar-refractivity contribution in [3.05, 3.63) is 59.4 Å². The standard InChI is InChI=1S/C24H30N4O2/c1-6-7-15-28(5)19-13-11-18(12-14-19)23(29)25-21-17(4)9-8-10-20(21)24-26-22(16(2)3)27-30-24/h8-14,16H,6-7,15H2,1-5H3,(H,25,29). The molecule has 6 nitrogen and oxygen atoms in total. The number of amides is 1. The fourth-order valence-electron chi connectivity index (χ4n) is 3.17. The number of benzene rings is 2. The largest absolute Gasteiger partial charge is 0.375 e. The molecule has 6 heteroatoms. The molecule has 0 bridgehead atoms. The van der Waals surface area contributed by atoms with Gasteiger partial charge in [-0.15, -0.1) is 0 Å². The van der Waals surface area contributed by atoms with E-state index >= 15 is 0 Å². The van der Waals surface area contributed by atoms with E-state index in [1.165, 1.54) is 0 Å². The Bertz CT molecular complexity index is 993. The van der Waals surface area contributed by atoms with E-state index in [1.54, 1.807) is 0 Å². The number of hydrogen-bond acceptors (Lipinski definition) is 5. The summed E-state index contributed by atoms with van der Waals surface area (Å²) in [7, 11) is 2.07. The normalized spacial score (nSPS) is 11.0. The number of hydrogen-bond donors (Lipinski definition) is 1. The van der Waals surface area contributed by atoms with Crippen molar-refractivity contribution in [1.82, 2.24) is 10.1 Å². The van der Waals surface area contributed by atoms with Gasteiger partial charge in [0.25, 0.3) is 11.8 Å². The minimum atomic E-state index is -0.170. The van der Waals surface area contributed by atoms with Crippen LogP contribution < -0.4 is 10.2 Å². The van der Waals surface area contributed by atoms with Crippen LogP contribution in [0.5, 0.6) is 0 Å². The Balaban J connectivity index is 1.81. The first-order chi connectivity index (χ1) is 14.4. The molecule has 0 aliphatic rings. The molecule has 2 aromatic carbocycles. The summed E-state index contributed by atoms with van der Waals surface area (Å²) >= 11 is 0. The van der Waals surface area contributed by atoms with Crippen LogP contribution in [-0.4, -0.2) is 29.6 Å². The van der Waals surface area contributed by atoms with Crippen LogP contribution in [0.2, 0.25) is 0 Å². The lowest BCUT2D eigenvalue weighted by molar-refractivity contribution is 0.102. The fourth-order valence-corrected chi connectivity index (χ4v) is 3.17. The zero-order valence-corrected chi connectivity index (χ0v) is 18.4. The van der Waals surface area contributed by atoms with Crippen LogP contribution in [0.3, 0.4) is 0 Å². The second-order valence-corrected chi connectivity index (χ2v) is 7.89. The van der Waals surface area contributed by atoms with Crippen LogP contribution in [0.25, 0.3) is 11.5 Å². The predicted octanol–water partition coefficient (Wildman–Crippen LogP) is 5.66. The minimum Gasteiger partial charge on any atom is -0.375 e. The van der Waals surface area contributed by atoms with Crippen molar-refractivity contribution in [2.45, 2.75) is 46.5 Å². The average molecular weight is 407 g/mol. The summed E-state index contributed by atoms with van der Waals surface area (Å²) < 4.78 is 5.45. The van der Waals surface area contributed by atoms with Gasteiger partial charge in [0.15, 0.2) is 5.82 Å². The maximum atomic E-state index is 12.9. The zero-order chi connectivity index (χ0) is 21.7. The van der Waals surface area contributed by atoms with Gasteiger partial charge in [0.2, 0.25) is 0 Å². The first-order valence-corrected chi connectivity index (χ1v) is 10.5. The molecule has 3 rings (SSSR count). The molecule has 3 aromatic rings. The average Bonchev–Trinajstić information content (AvgIpc) is 3.24. The Labute approximate surface area is 178 Å². The van der Waals surface area contributed by atoms with Gasteiger partial charge >= 0.3 is 0 Å². The summed E-state index contributed by atoms with van der Waals surface area (Å²) in [6.07, 6.45) is 2.30. The number of carbonyl (C=O) groups excluding carboxylic acids is 1. The molecule has 0 spiro atoms. The van der Waals surface area contributed by atoms with E-state index in [0.717, 1.165) is 36.2 Å². The van der Waals surface area contributed by atoms with Gasteiger partial charge in [0.05, 0.1) is 11.3 Å². The molecule has 158 valence electrons. The van der Waals surface area contributed by atoms with Crippen molar-refractivity contribution in [1.29, 1.82) is 0 Å². The lowest BCUT2D eigenvalue weighted by Gasteiger charge is -2.19. The molecule has 30 heavy (non-hydrogen) atoms. The highest BCUT2D eigenvalue weighted by molar-refractivity contribution is 6.06. The van der Waals surface area contributed by atoms with Crippen LogP contribution in [-0.2, 0) is 0 Å². The van der Waals surface area contributed by atoms with Crippen molar-refractivity contribution >= 4 is 17.3 Å². The number of nitrogens with one attached hydrogen (secondary N) is 1. The fraction of sp³-hybridized carbons (Fsp3) is 0.375. The molecule has 0 aliphatic heterocycles. The highest BCUT2D eigenvalue weighted by Crippen LogP contribution is 2.31. The predicted molar refractivity (Wildman–Crippen MR) is 121 cm³/mol. The van der Waals surface area contributed by atoms with Gasteiger partial charge < -0.3 is 14.7 Å². The molecule has 1 aromatic heterocycles. The summed E-state index contributed by atoms with van der Waals surface area (Å²) in [5.74, 6) is 1.05. The van der Waals surface area contributed by atoms with E-state index in [2.05, 4.69) is 34.3 Å². The summed E-state index contributed by atoms with van der Waals surface area (Å²) in [6.45, 7) is 9.15. The Kier molecular flexibility index (Phi) is 6.87. The quantitative estimate of drug-likeness (QED) is 0.523. The van der Waals surface area contributed by atoms with Crippen LogP contribution in [0.15, 0.2) is 47.0 Å². The van der Waals surface area contributed by atoms with Crippen LogP contribution in [0, 0.1) is 6.92 Å². The van der Waals surface area contributed by atoms with Crippen molar-refractivity contribution < 1.29 is 9.32 Å². The van der Waals surface area contributed by atoms with Gasteiger partial charge in [-0.1, -0.05) is 44.5 Å². The molecule has 0 radical (unpaired) electrons. The summed E-state index contributed by atoms with van der Waals surface area (Å²) in [5, 5.41) is 7.08. The van der Waals surface area contributed by atoms with Gasteiger partial charge in [-0.25, -0.2) is 0 Å². The van der Waals surface area contributed by atoms with Crippen molar-refractivity contribution in [3.63, 3.8) is 0 Å². The molecule has 0 saturated heterocycles. The number of unbranched alkanes of at least 4 members (excludes halogenated alkanes) is 1. The highest BCUT2D eigenvalue weighted by atomic mass is 16.5. The Hall–Kier alpha value is -3.15. The summed E-state index contributed by atoms with van der Waals surface area (Å²) in [6, 6.07) is 13.4. The molecule has 0 saturated carbocycles. The van der Waals surface area contributed by atoms with E-state index < -0.39 is 0 Å². The van der Waals surface area contributed by atoms with E-state index in [9.17, 15) is 4.79 Å². The van der Waals surface area contributed by atoms with Crippen molar-refractivity contribution in [2.24, 2.45) is 0 Å². The lowest BCUT2D eigenvalue weighted by atomic mass is 10.1. The van der Waals surface area contributed by atoms with Gasteiger partial charge in [0.1, 0.15) is 0 Å². The van der Waals surface area contributed by atoms with Gasteiger partial charge in [-0.05, 0) is 49.2 Å². The zero-order valence-electron chi connectivity index (χ0n) is 18.4. The molecular weight excluding hydrogens is 376 g/mol. The first kappa shape index (κ1) is 21.6. The second kappa shape index (κ2) is 9.57. The van der Waals surface area contributed by atoms with Crippen LogP contribution >= 0.6 is 0 Å². The van der Waals surface area contributed by atoms with E-state index in [4.69, 9.17) is 4.52 Å². The Morgan fingerprint density at radius 2 is 1.90 bits per heavy atom. The molecule has 1 heterocycles. The third-order valence-corrected chi connectivity index (χ3v) is 5.12. The van der Waals surface area contributed by atoms with Crippen molar-refractivity contribution in [3.8, 4) is 11.5 Å². The van der Waals surface area contributed by atoms with Gasteiger partial charge in [-0.2, -0.15) is 4.98 Å². The topological polar surface area (TPSA) is 71.3 Å². The van der Waals surface area contributed by atoms with Crippen molar-refractivity contribution in [2.75, 3.05) is 23.8 Å². The number of anilines is 2. The number of para-hydroxylation sites is 1. The monoisotopic (exact) mass is 406 g/mol. The van der Waals surface area contributed by atoms with E-state index in [-0.39, 0.29) is 11.8 Å². The summed E-state index contributed by atoms with van der Waals surface area (Å²) in [5.41, 5.74) is 4.04. The first-order valence-electron chi connectivity index (χ1n) is 10.5. The maximum Gasteiger partial charge on any atom is 0.260 e. The second-order valence-electron chi connectivity index (χ2n) is 7.89. The molecule has 1 amide bonds. The summed E-state index contributed by atoms with van der Waals surface area (Å²) in [4.78, 5) is 19.6. The number of aromatic nitrogens is 2. The third-order valence-electron chi connectivity index (χ3n) is 5.12. The van der Waals surface area contributed by atoms with E-state index in [1.807, 2.05) is 63.2 Å². The highest BCUT2D eigenvalue weighted by Gasteiger charge is 2.18. The molecule has 0 fully saturated rings. The minimum absolute atomic E-state index is 0.166. The van der Waals surface area contributed by atoms with Gasteiger partial charge in [-0.3, -0.25) is 4.79 Å². The maximum absolute atomic E-state index is 12.9. The number of nitrogens with zero attached hydrogens (tertiary/aromatic N) is 3. The molecule has 0 aliphatic carbocycles. The Morgan fingerprint density at radius 1 is 1.17 bits per heavy atom. The number of carbonyl (C=O) groups is 1. The third kappa shape index (κ3) is 4.87. The van der Waals surface area contributed by atoms with Crippen LogP contribution in [0.4, 0.5) is 11.4 Å². The molecule has 0 unspecified atom stereocenters. The number of aryl methyl sites for hydroxylation is 1. The lowest BCUT2D eigenvalue weighted by Crippen LogP contribution is -2.18. The van der Waals surface area contributed by atoms with Crippen LogP contribution in [0.1, 0.15) is 61.3 Å². The van der Waals surface area contributed by atoms with Gasteiger partial charge in [0, 0.05) is 30.8 Å². The number of rotatable bonds is 8. The smallest absolute Gasteiger partial charge is 0.260 e.